The maximum atomic E-state index is 12.1. The van der Waals surface area contributed by atoms with Gasteiger partial charge in [-0.3, -0.25) is 38.4 Å². The first kappa shape index (κ1) is 57.6. The Morgan fingerprint density at radius 1 is 0.203 bits per heavy atom. The quantitative estimate of drug-likeness (QED) is 0.100. The summed E-state index contributed by atoms with van der Waals surface area (Å²) in [4.78, 5) is 96.3. The van der Waals surface area contributed by atoms with Gasteiger partial charge in [0.2, 0.25) is 5.91 Å². The van der Waals surface area contributed by atoms with Gasteiger partial charge in [0.05, 0.1) is 19.6 Å². The SMILES string of the molecule is O=C1CNCCNCCCNCC(=O)NCCCNCCNCCCNC(=O)C(=O)NCCCNCCNCCCNC(=O)C(=O)NCCCNCCNCCCNC(=O)C(=O)NC1. The fraction of sp³-hybridized carbons (Fsp3) is 0.800. The minimum Gasteiger partial charge on any atom is -0.355 e. The molecule has 368 valence electrons. The number of hydrogen-bond acceptors (Lipinski definition) is 17. The molecule has 0 unspecified atom stereocenters. The van der Waals surface area contributed by atoms with Crippen molar-refractivity contribution in [3.05, 3.63) is 0 Å². The van der Waals surface area contributed by atoms with E-state index in [2.05, 4.69) is 85.1 Å². The van der Waals surface area contributed by atoms with Crippen LogP contribution in [0, 0.1) is 0 Å². The molecule has 0 atom stereocenters. The maximum absolute atomic E-state index is 12.1. The first-order chi connectivity index (χ1) is 31.2. The average molecular weight is 913 g/mol. The van der Waals surface area contributed by atoms with Crippen LogP contribution in [0.1, 0.15) is 44.9 Å². The molecule has 0 aromatic rings. The Balaban J connectivity index is 2.27. The zero-order valence-electron chi connectivity index (χ0n) is 37.9. The predicted octanol–water partition coefficient (Wildman–Crippen LogP) is -7.58. The van der Waals surface area contributed by atoms with Crippen molar-refractivity contribution in [1.29, 1.82) is 0 Å². The van der Waals surface area contributed by atoms with Gasteiger partial charge in [-0.2, -0.15) is 0 Å². The van der Waals surface area contributed by atoms with E-state index in [-0.39, 0.29) is 31.3 Å². The van der Waals surface area contributed by atoms with Gasteiger partial charge in [0, 0.05) is 91.6 Å². The van der Waals surface area contributed by atoms with Crippen LogP contribution in [0.15, 0.2) is 0 Å². The molecule has 1 fully saturated rings. The third-order valence-electron chi connectivity index (χ3n) is 9.23. The molecule has 1 rings (SSSR count). The minimum absolute atomic E-state index is 0.0565. The van der Waals surface area contributed by atoms with Crippen molar-refractivity contribution in [3.8, 4) is 0 Å². The van der Waals surface area contributed by atoms with Crippen LogP contribution >= 0.6 is 0 Å². The molecule has 1 aliphatic heterocycles. The van der Waals surface area contributed by atoms with Crippen LogP contribution in [0.4, 0.5) is 0 Å². The highest BCUT2D eigenvalue weighted by atomic mass is 16.2. The van der Waals surface area contributed by atoms with Crippen LogP contribution in [0.5, 0.6) is 0 Å². The fourth-order valence-corrected chi connectivity index (χ4v) is 5.65. The average Bonchev–Trinajstić information content (AvgIpc) is 3.28. The number of amides is 7. The van der Waals surface area contributed by atoms with E-state index in [0.717, 1.165) is 39.0 Å². The first-order valence-corrected chi connectivity index (χ1v) is 23.0. The second-order valence-corrected chi connectivity index (χ2v) is 14.9. The molecule has 1 heterocycles. The van der Waals surface area contributed by atoms with E-state index in [1.807, 2.05) is 0 Å². The molecule has 0 spiro atoms. The molecule has 7 amide bonds. The summed E-state index contributed by atoms with van der Waals surface area (Å²) in [5.74, 6) is -4.58. The van der Waals surface area contributed by atoms with Crippen molar-refractivity contribution < 1.29 is 38.4 Å². The lowest BCUT2D eigenvalue weighted by Crippen LogP contribution is -2.44. The Morgan fingerprint density at radius 2 is 0.438 bits per heavy atom. The Labute approximate surface area is 378 Å². The van der Waals surface area contributed by atoms with Gasteiger partial charge in [0.15, 0.2) is 5.78 Å². The first-order valence-electron chi connectivity index (χ1n) is 23.0. The van der Waals surface area contributed by atoms with Crippen LogP contribution in [0.2, 0.25) is 0 Å². The highest BCUT2D eigenvalue weighted by molar-refractivity contribution is 6.36. The summed E-state index contributed by atoms with van der Waals surface area (Å²) in [7, 11) is 0. The number of ketones is 1. The molecule has 0 radical (unpaired) electrons. The van der Waals surface area contributed by atoms with Crippen molar-refractivity contribution >= 4 is 47.1 Å². The predicted molar refractivity (Wildman–Crippen MR) is 244 cm³/mol. The molecule has 24 heteroatoms. The largest absolute Gasteiger partial charge is 0.355 e. The number of Topliss-reactive ketones (excluding diaryl/α,β-unsaturated/α-hetero) is 1. The summed E-state index contributed by atoms with van der Waals surface area (Å²) in [5.41, 5.74) is 0. The summed E-state index contributed by atoms with van der Waals surface area (Å²) in [6.45, 7) is 13.4. The van der Waals surface area contributed by atoms with Crippen LogP contribution in [-0.4, -0.2) is 211 Å². The summed E-state index contributed by atoms with van der Waals surface area (Å²) < 4.78 is 0. The Morgan fingerprint density at radius 3 is 0.766 bits per heavy atom. The second kappa shape index (κ2) is 42.5. The molecule has 0 aliphatic carbocycles. The molecule has 24 nitrogen and oxygen atoms in total. The molecular weight excluding hydrogens is 833 g/mol. The number of rotatable bonds is 0. The third-order valence-corrected chi connectivity index (χ3v) is 9.23. The third kappa shape index (κ3) is 37.0. The van der Waals surface area contributed by atoms with Gasteiger partial charge in [-0.25, -0.2) is 0 Å². The van der Waals surface area contributed by atoms with Gasteiger partial charge in [-0.05, 0) is 97.3 Å². The van der Waals surface area contributed by atoms with Gasteiger partial charge < -0.3 is 85.1 Å². The molecule has 0 aromatic carbocycles. The lowest BCUT2D eigenvalue weighted by Gasteiger charge is -2.10. The summed E-state index contributed by atoms with van der Waals surface area (Å²) in [6.07, 6.45) is 4.90. The molecule has 0 saturated carbocycles. The second-order valence-electron chi connectivity index (χ2n) is 14.9. The number of hydrogen-bond donors (Lipinski definition) is 16. The Bertz CT molecular complexity index is 1320. The standard InChI is InChI=1S/C40H80N16O8/c57-33-30-49-29-28-41-8-1-15-48-32-34(58)50-16-2-9-42-22-23-43-10-3-17-51-35(59)36(60)52-18-4-11-44-24-25-45-12-5-19-53-37(61)38(62)54-20-6-13-46-26-27-47-14-7-21-55-39(63)40(64)56-31-33/h41-49H,1-32H2,(H,50,58)(H,51,59)(H,52,60)(H,53,61)(H,54,62)(H,55,63)(H,56,64). The number of nitrogens with one attached hydrogen (secondary N) is 16. The van der Waals surface area contributed by atoms with Gasteiger partial charge in [0.1, 0.15) is 0 Å². The molecule has 64 heavy (non-hydrogen) atoms. The van der Waals surface area contributed by atoms with E-state index in [4.69, 9.17) is 0 Å². The normalized spacial score (nSPS) is 21.9. The van der Waals surface area contributed by atoms with E-state index in [9.17, 15) is 38.4 Å². The monoisotopic (exact) mass is 913 g/mol. The van der Waals surface area contributed by atoms with Crippen molar-refractivity contribution in [2.24, 2.45) is 0 Å². The highest BCUT2D eigenvalue weighted by Gasteiger charge is 2.15. The minimum atomic E-state index is -0.857. The van der Waals surface area contributed by atoms with Crippen LogP contribution in [-0.2, 0) is 38.4 Å². The lowest BCUT2D eigenvalue weighted by atomic mass is 10.3. The molecule has 1 aliphatic rings. The highest BCUT2D eigenvalue weighted by Crippen LogP contribution is 1.83. The number of carbonyl (C=O) groups is 8. The van der Waals surface area contributed by atoms with Crippen LogP contribution in [0.25, 0.3) is 0 Å². The van der Waals surface area contributed by atoms with E-state index < -0.39 is 35.4 Å². The maximum Gasteiger partial charge on any atom is 0.309 e. The van der Waals surface area contributed by atoms with Crippen LogP contribution in [0.3, 0.4) is 0 Å². The zero-order valence-corrected chi connectivity index (χ0v) is 37.9. The van der Waals surface area contributed by atoms with Crippen molar-refractivity contribution in [1.82, 2.24) is 85.1 Å². The van der Waals surface area contributed by atoms with Gasteiger partial charge in [0.25, 0.3) is 0 Å². The molecule has 16 N–H and O–H groups in total. The van der Waals surface area contributed by atoms with E-state index in [1.54, 1.807) is 0 Å². The molecule has 0 bridgehead atoms. The Hall–Kier alpha value is -4.40. The Kier molecular flexibility index (Phi) is 38.3. The summed E-state index contributed by atoms with van der Waals surface area (Å²) in [5, 5.41) is 47.2. The fourth-order valence-electron chi connectivity index (χ4n) is 5.65. The summed E-state index contributed by atoms with van der Waals surface area (Å²) >= 11 is 0. The van der Waals surface area contributed by atoms with Gasteiger partial charge >= 0.3 is 35.4 Å². The van der Waals surface area contributed by atoms with Gasteiger partial charge in [-0.1, -0.05) is 0 Å². The van der Waals surface area contributed by atoms with Crippen molar-refractivity contribution in [3.63, 3.8) is 0 Å². The van der Waals surface area contributed by atoms with Crippen molar-refractivity contribution in [2.45, 2.75) is 44.9 Å². The molecular formula is C40H80N16O8. The smallest absolute Gasteiger partial charge is 0.309 e. The van der Waals surface area contributed by atoms with E-state index in [1.165, 1.54) is 0 Å². The lowest BCUT2D eigenvalue weighted by molar-refractivity contribution is -0.139. The van der Waals surface area contributed by atoms with E-state index >= 15 is 0 Å². The summed E-state index contributed by atoms with van der Waals surface area (Å²) in [6, 6.07) is 0. The molecule has 0 aromatic heterocycles. The van der Waals surface area contributed by atoms with Crippen molar-refractivity contribution in [2.75, 3.05) is 164 Å². The van der Waals surface area contributed by atoms with E-state index in [0.29, 0.717) is 150 Å². The molecule has 1 saturated heterocycles. The zero-order chi connectivity index (χ0) is 46.6. The van der Waals surface area contributed by atoms with Crippen LogP contribution < -0.4 is 85.1 Å². The number of carbonyl (C=O) groups excluding carboxylic acids is 8. The van der Waals surface area contributed by atoms with Gasteiger partial charge in [-0.15, -0.1) is 0 Å². The topological polar surface area (TPSA) is 329 Å².